The summed E-state index contributed by atoms with van der Waals surface area (Å²) in [5, 5.41) is 17.4. The summed E-state index contributed by atoms with van der Waals surface area (Å²) in [5.41, 5.74) is 2.05. The molecule has 4 rings (SSSR count). The molecule has 1 fully saturated rings. The van der Waals surface area contributed by atoms with Crippen molar-refractivity contribution in [2.75, 3.05) is 5.32 Å². The van der Waals surface area contributed by atoms with Crippen LogP contribution in [0.15, 0.2) is 36.7 Å². The van der Waals surface area contributed by atoms with Crippen LogP contribution in [0.1, 0.15) is 61.0 Å². The van der Waals surface area contributed by atoms with E-state index in [0.29, 0.717) is 23.0 Å². The maximum absolute atomic E-state index is 12.8. The summed E-state index contributed by atoms with van der Waals surface area (Å²) in [6.45, 7) is 5.55. The van der Waals surface area contributed by atoms with Crippen LogP contribution in [0.3, 0.4) is 0 Å². The van der Waals surface area contributed by atoms with Crippen molar-refractivity contribution in [1.82, 2.24) is 24.7 Å². The van der Waals surface area contributed by atoms with E-state index in [-0.39, 0.29) is 17.7 Å². The van der Waals surface area contributed by atoms with Gasteiger partial charge >= 0.3 is 0 Å². The second-order valence-electron chi connectivity index (χ2n) is 8.85. The molecule has 3 heterocycles. The van der Waals surface area contributed by atoms with Crippen molar-refractivity contribution in [3.63, 3.8) is 0 Å². The molecule has 0 bridgehead atoms. The lowest BCUT2D eigenvalue weighted by atomic mass is 9.88. The van der Waals surface area contributed by atoms with E-state index in [1.165, 1.54) is 0 Å². The lowest BCUT2D eigenvalue weighted by Gasteiger charge is -2.25. The minimum Gasteiger partial charge on any atom is -0.390 e. The second-order valence-corrected chi connectivity index (χ2v) is 8.85. The molecule has 8 heteroatoms. The fraction of sp³-hybridized carbons (Fsp3) is 0.435. The minimum absolute atomic E-state index is 0.241. The molecule has 0 saturated heterocycles. The highest BCUT2D eigenvalue weighted by atomic mass is 16.3. The first-order valence-corrected chi connectivity index (χ1v) is 10.5. The van der Waals surface area contributed by atoms with Crippen molar-refractivity contribution in [3.8, 4) is 11.3 Å². The van der Waals surface area contributed by atoms with Crippen LogP contribution in [-0.4, -0.2) is 41.3 Å². The van der Waals surface area contributed by atoms with Gasteiger partial charge in [-0.3, -0.25) is 9.48 Å². The van der Waals surface area contributed by atoms with Crippen LogP contribution < -0.4 is 5.32 Å². The number of aromatic nitrogens is 5. The maximum Gasteiger partial charge on any atom is 0.275 e. The number of nitrogens with one attached hydrogen (secondary N) is 1. The number of anilines is 1. The summed E-state index contributed by atoms with van der Waals surface area (Å²) >= 11 is 0. The molecule has 1 aliphatic carbocycles. The quantitative estimate of drug-likeness (QED) is 0.654. The molecule has 0 aromatic carbocycles. The summed E-state index contributed by atoms with van der Waals surface area (Å²) in [7, 11) is 1.84. The fourth-order valence-corrected chi connectivity index (χ4v) is 4.21. The Morgan fingerprint density at radius 1 is 1.23 bits per heavy atom. The summed E-state index contributed by atoms with van der Waals surface area (Å²) in [5.74, 6) is 1.24. The summed E-state index contributed by atoms with van der Waals surface area (Å²) in [4.78, 5) is 26.3. The third-order valence-corrected chi connectivity index (χ3v) is 5.93. The molecule has 1 saturated carbocycles. The van der Waals surface area contributed by atoms with Gasteiger partial charge in [0.15, 0.2) is 0 Å². The van der Waals surface area contributed by atoms with Gasteiger partial charge in [0, 0.05) is 36.5 Å². The Balaban J connectivity index is 1.52. The monoisotopic (exact) mass is 420 g/mol. The Morgan fingerprint density at radius 3 is 2.71 bits per heavy atom. The third kappa shape index (κ3) is 4.80. The molecule has 162 valence electrons. The fourth-order valence-electron chi connectivity index (χ4n) is 4.21. The Kier molecular flexibility index (Phi) is 5.58. The van der Waals surface area contributed by atoms with Gasteiger partial charge in [0.1, 0.15) is 17.3 Å². The van der Waals surface area contributed by atoms with E-state index >= 15 is 0 Å². The van der Waals surface area contributed by atoms with Crippen LogP contribution in [0.25, 0.3) is 11.3 Å². The highest BCUT2D eigenvalue weighted by Gasteiger charge is 2.35. The van der Waals surface area contributed by atoms with E-state index in [1.807, 2.05) is 46.1 Å². The normalized spacial score (nSPS) is 18.9. The molecule has 1 aliphatic rings. The molecular formula is C23H28N6O2. The molecule has 8 nitrogen and oxygen atoms in total. The van der Waals surface area contributed by atoms with E-state index in [1.54, 1.807) is 23.0 Å². The van der Waals surface area contributed by atoms with Crippen molar-refractivity contribution in [1.29, 1.82) is 0 Å². The SMILES string of the molecule is Cc1nc(NC(=O)c2cccc(-c3cnn(C)c3)n2)cc(C2CC[C@@H](C(C)(C)O)C2)n1. The number of aryl methyl sites for hydroxylation is 2. The predicted octanol–water partition coefficient (Wildman–Crippen LogP) is 3.49. The highest BCUT2D eigenvalue weighted by molar-refractivity contribution is 6.02. The number of nitrogens with zero attached hydrogens (tertiary/aromatic N) is 5. The lowest BCUT2D eigenvalue weighted by molar-refractivity contribution is 0.0194. The summed E-state index contributed by atoms with van der Waals surface area (Å²) < 4.78 is 1.69. The molecule has 1 amide bonds. The van der Waals surface area contributed by atoms with Gasteiger partial charge in [0.05, 0.1) is 17.5 Å². The highest BCUT2D eigenvalue weighted by Crippen LogP contribution is 2.42. The zero-order valence-electron chi connectivity index (χ0n) is 18.3. The zero-order valence-corrected chi connectivity index (χ0v) is 18.3. The number of aliphatic hydroxyl groups is 1. The largest absolute Gasteiger partial charge is 0.390 e. The van der Waals surface area contributed by atoms with E-state index < -0.39 is 5.60 Å². The number of hydrogen-bond donors (Lipinski definition) is 2. The molecule has 1 unspecified atom stereocenters. The topological polar surface area (TPSA) is 106 Å². The number of carbonyl (C=O) groups is 1. The van der Waals surface area contributed by atoms with Crippen LogP contribution in [0.5, 0.6) is 0 Å². The molecule has 2 N–H and O–H groups in total. The minimum atomic E-state index is -0.696. The molecule has 2 atom stereocenters. The van der Waals surface area contributed by atoms with E-state index in [2.05, 4.69) is 25.4 Å². The van der Waals surface area contributed by atoms with Gasteiger partial charge in [-0.25, -0.2) is 15.0 Å². The third-order valence-electron chi connectivity index (χ3n) is 5.93. The number of pyridine rings is 1. The Bertz CT molecular complexity index is 1100. The first-order valence-electron chi connectivity index (χ1n) is 10.5. The number of rotatable bonds is 5. The van der Waals surface area contributed by atoms with Crippen LogP contribution in [-0.2, 0) is 7.05 Å². The van der Waals surface area contributed by atoms with E-state index in [9.17, 15) is 9.90 Å². The van der Waals surface area contributed by atoms with Crippen LogP contribution in [0, 0.1) is 12.8 Å². The van der Waals surface area contributed by atoms with Crippen LogP contribution in [0.4, 0.5) is 5.82 Å². The average molecular weight is 421 g/mol. The molecule has 0 aliphatic heterocycles. The van der Waals surface area contributed by atoms with Gasteiger partial charge in [-0.05, 0) is 58.1 Å². The van der Waals surface area contributed by atoms with Crippen molar-refractivity contribution in [3.05, 3.63) is 53.9 Å². The molecule has 3 aromatic heterocycles. The molecule has 3 aromatic rings. The Morgan fingerprint density at radius 2 is 2.03 bits per heavy atom. The number of hydrogen-bond acceptors (Lipinski definition) is 6. The lowest BCUT2D eigenvalue weighted by Crippen LogP contribution is -2.28. The smallest absolute Gasteiger partial charge is 0.275 e. The Hall–Kier alpha value is -3.13. The van der Waals surface area contributed by atoms with Crippen molar-refractivity contribution >= 4 is 11.7 Å². The number of carbonyl (C=O) groups excluding carboxylic acids is 1. The van der Waals surface area contributed by atoms with Crippen molar-refractivity contribution in [2.24, 2.45) is 13.0 Å². The van der Waals surface area contributed by atoms with Gasteiger partial charge < -0.3 is 10.4 Å². The van der Waals surface area contributed by atoms with Gasteiger partial charge in [-0.2, -0.15) is 5.10 Å². The molecule has 0 spiro atoms. The van der Waals surface area contributed by atoms with E-state index in [0.717, 1.165) is 30.5 Å². The average Bonchev–Trinajstić information content (AvgIpc) is 3.37. The first-order chi connectivity index (χ1) is 14.7. The van der Waals surface area contributed by atoms with Crippen molar-refractivity contribution in [2.45, 2.75) is 51.6 Å². The summed E-state index contributed by atoms with van der Waals surface area (Å²) in [6.07, 6.45) is 6.37. The maximum atomic E-state index is 12.8. The molecule has 31 heavy (non-hydrogen) atoms. The van der Waals surface area contributed by atoms with Gasteiger partial charge in [-0.1, -0.05) is 6.07 Å². The van der Waals surface area contributed by atoms with Crippen LogP contribution >= 0.6 is 0 Å². The Labute approximate surface area is 181 Å². The van der Waals surface area contributed by atoms with Crippen LogP contribution in [0.2, 0.25) is 0 Å². The van der Waals surface area contributed by atoms with Gasteiger partial charge in [0.2, 0.25) is 0 Å². The molecular weight excluding hydrogens is 392 g/mol. The van der Waals surface area contributed by atoms with Crippen molar-refractivity contribution < 1.29 is 9.90 Å². The molecule has 0 radical (unpaired) electrons. The zero-order chi connectivity index (χ0) is 22.2. The predicted molar refractivity (Wildman–Crippen MR) is 118 cm³/mol. The standard InChI is InChI=1S/C23H28N6O2/c1-14-25-20(15-8-9-17(10-15)23(2,3)31)11-21(26-14)28-22(30)19-7-5-6-18(27-19)16-12-24-29(4)13-16/h5-7,11-13,15,17,31H,8-10H2,1-4H3,(H,25,26,28,30)/t15?,17-/m1/s1. The van der Waals surface area contributed by atoms with Gasteiger partial charge in [-0.15, -0.1) is 0 Å². The number of amides is 1. The first kappa shape index (κ1) is 21.1. The summed E-state index contributed by atoms with van der Waals surface area (Å²) in [6, 6.07) is 7.17. The van der Waals surface area contributed by atoms with Gasteiger partial charge in [0.25, 0.3) is 5.91 Å². The van der Waals surface area contributed by atoms with E-state index in [4.69, 9.17) is 0 Å². The second kappa shape index (κ2) is 8.19.